The molecule has 2 heterocycles. The molecule has 11 heteroatoms. The van der Waals surface area contributed by atoms with Gasteiger partial charge in [-0.2, -0.15) is 0 Å². The van der Waals surface area contributed by atoms with E-state index in [0.29, 0.717) is 46.1 Å². The Morgan fingerprint density at radius 3 is 2.70 bits per heavy atom. The van der Waals surface area contributed by atoms with Crippen molar-refractivity contribution in [3.8, 4) is 11.5 Å². The summed E-state index contributed by atoms with van der Waals surface area (Å²) in [6.45, 7) is 0.766. The lowest BCUT2D eigenvalue weighted by atomic mass is 10.2. The Hall–Kier alpha value is -3.56. The number of imidazole rings is 1. The van der Waals surface area contributed by atoms with Crippen LogP contribution in [0.25, 0.3) is 12.2 Å². The van der Waals surface area contributed by atoms with E-state index in [9.17, 15) is 14.9 Å². The normalized spacial score (nSPS) is 12.7. The fraction of sp³-hybridized carbons (Fsp3) is 0.182. The maximum absolute atomic E-state index is 12.4. The number of hydrogen-bond acceptors (Lipinski definition) is 7. The van der Waals surface area contributed by atoms with Crippen LogP contribution >= 0.6 is 23.2 Å². The summed E-state index contributed by atoms with van der Waals surface area (Å²) in [6, 6.07) is 9.74. The third kappa shape index (κ3) is 5.27. The van der Waals surface area contributed by atoms with E-state index in [1.165, 1.54) is 4.57 Å². The quantitative estimate of drug-likeness (QED) is 0.264. The van der Waals surface area contributed by atoms with E-state index in [1.807, 2.05) is 0 Å². The van der Waals surface area contributed by atoms with Gasteiger partial charge in [0.2, 0.25) is 5.82 Å². The summed E-state index contributed by atoms with van der Waals surface area (Å²) in [7, 11) is 0. The topological polar surface area (TPSA) is 106 Å². The Labute approximate surface area is 198 Å². The monoisotopic (exact) mass is 489 g/mol. The Morgan fingerprint density at radius 2 is 1.94 bits per heavy atom. The van der Waals surface area contributed by atoms with Crippen LogP contribution in [-0.2, 0) is 11.3 Å². The molecule has 1 aliphatic heterocycles. The molecule has 0 saturated heterocycles. The molecule has 0 spiro atoms. The number of fused-ring (bicyclic) bond motifs is 1. The van der Waals surface area contributed by atoms with Crippen molar-refractivity contribution in [1.29, 1.82) is 0 Å². The molecule has 0 amide bonds. The Bertz CT molecular complexity index is 1240. The number of esters is 1. The summed E-state index contributed by atoms with van der Waals surface area (Å²) in [5.74, 6) is 0.522. The predicted molar refractivity (Wildman–Crippen MR) is 122 cm³/mol. The molecule has 0 unspecified atom stereocenters. The van der Waals surface area contributed by atoms with Crippen LogP contribution in [-0.4, -0.2) is 40.3 Å². The van der Waals surface area contributed by atoms with Crippen molar-refractivity contribution in [3.05, 3.63) is 79.7 Å². The predicted octanol–water partition coefficient (Wildman–Crippen LogP) is 4.90. The van der Waals surface area contributed by atoms with Crippen molar-refractivity contribution in [2.24, 2.45) is 0 Å². The third-order valence-electron chi connectivity index (χ3n) is 4.75. The molecule has 0 N–H and O–H groups in total. The van der Waals surface area contributed by atoms with Gasteiger partial charge in [0, 0.05) is 16.1 Å². The average Bonchev–Trinajstić information content (AvgIpc) is 3.21. The molecule has 9 nitrogen and oxygen atoms in total. The molecule has 33 heavy (non-hydrogen) atoms. The number of halogens is 2. The van der Waals surface area contributed by atoms with Gasteiger partial charge in [-0.1, -0.05) is 29.3 Å². The highest BCUT2D eigenvalue weighted by Gasteiger charge is 2.20. The lowest BCUT2D eigenvalue weighted by Gasteiger charge is -2.18. The largest absolute Gasteiger partial charge is 0.486 e. The van der Waals surface area contributed by atoms with Crippen LogP contribution in [0.4, 0.5) is 5.82 Å². The van der Waals surface area contributed by atoms with Crippen LogP contribution in [0.1, 0.15) is 21.7 Å². The lowest BCUT2D eigenvalue weighted by molar-refractivity contribution is -0.392. The van der Waals surface area contributed by atoms with Gasteiger partial charge in [0.05, 0.1) is 5.56 Å². The van der Waals surface area contributed by atoms with Gasteiger partial charge in [0.25, 0.3) is 0 Å². The Morgan fingerprint density at radius 1 is 1.15 bits per heavy atom. The summed E-state index contributed by atoms with van der Waals surface area (Å²) in [4.78, 5) is 27.4. The molecular formula is C22H17Cl2N3O6. The molecule has 1 aromatic heterocycles. The van der Waals surface area contributed by atoms with E-state index < -0.39 is 10.9 Å². The SMILES string of the molecule is O=C(OCCn1c([N+](=O)[O-])cnc1/C=C/c1ccc(Cl)cc1Cl)c1ccc2c(c1)OCCO2. The van der Waals surface area contributed by atoms with Gasteiger partial charge in [0.15, 0.2) is 11.5 Å². The molecular weight excluding hydrogens is 473 g/mol. The highest BCUT2D eigenvalue weighted by molar-refractivity contribution is 6.35. The molecule has 0 fully saturated rings. The number of ether oxygens (including phenoxy) is 3. The molecule has 2 aromatic carbocycles. The second-order valence-electron chi connectivity index (χ2n) is 6.88. The van der Waals surface area contributed by atoms with Crippen molar-refractivity contribution in [2.45, 2.75) is 6.54 Å². The van der Waals surface area contributed by atoms with Crippen molar-refractivity contribution in [3.63, 3.8) is 0 Å². The van der Waals surface area contributed by atoms with E-state index in [-0.39, 0.29) is 24.5 Å². The molecule has 0 bridgehead atoms. The smallest absolute Gasteiger partial charge is 0.343 e. The molecule has 3 aromatic rings. The molecule has 170 valence electrons. The van der Waals surface area contributed by atoms with Gasteiger partial charge in [-0.05, 0) is 46.9 Å². The molecule has 4 rings (SSSR count). The van der Waals surface area contributed by atoms with Gasteiger partial charge < -0.3 is 24.3 Å². The first kappa shape index (κ1) is 22.6. The van der Waals surface area contributed by atoms with Gasteiger partial charge in [0.1, 0.15) is 32.6 Å². The van der Waals surface area contributed by atoms with E-state index in [2.05, 4.69) is 4.98 Å². The van der Waals surface area contributed by atoms with Crippen LogP contribution < -0.4 is 9.47 Å². The first-order chi connectivity index (χ1) is 15.9. The minimum absolute atomic E-state index is 0.0284. The maximum atomic E-state index is 12.4. The van der Waals surface area contributed by atoms with Crippen LogP contribution in [0.5, 0.6) is 11.5 Å². The summed E-state index contributed by atoms with van der Waals surface area (Å²) in [5, 5.41) is 12.3. The number of carbonyl (C=O) groups is 1. The number of nitrogens with zero attached hydrogens (tertiary/aromatic N) is 3. The number of hydrogen-bond donors (Lipinski definition) is 0. The number of rotatable bonds is 7. The van der Waals surface area contributed by atoms with Crippen LogP contribution in [0.3, 0.4) is 0 Å². The van der Waals surface area contributed by atoms with Gasteiger partial charge in [-0.3, -0.25) is 0 Å². The standard InChI is InChI=1S/C22H17Cl2N3O6/c23-16-4-1-14(17(24)12-16)3-6-20-25-13-21(27(29)30)26(20)7-8-33-22(28)15-2-5-18-19(11-15)32-10-9-31-18/h1-6,11-13H,7-10H2/b6-3+. The second kappa shape index (κ2) is 9.93. The summed E-state index contributed by atoms with van der Waals surface area (Å²) >= 11 is 12.1. The van der Waals surface area contributed by atoms with Gasteiger partial charge in [-0.15, -0.1) is 0 Å². The number of benzene rings is 2. The van der Waals surface area contributed by atoms with E-state index >= 15 is 0 Å². The average molecular weight is 490 g/mol. The zero-order valence-corrected chi connectivity index (χ0v) is 18.6. The van der Waals surface area contributed by atoms with Crippen molar-refractivity contribution >= 4 is 47.1 Å². The minimum atomic E-state index is -0.584. The first-order valence-electron chi connectivity index (χ1n) is 9.82. The Balaban J connectivity index is 1.46. The maximum Gasteiger partial charge on any atom is 0.343 e. The highest BCUT2D eigenvalue weighted by Crippen LogP contribution is 2.31. The lowest BCUT2D eigenvalue weighted by Crippen LogP contribution is -2.17. The molecule has 0 radical (unpaired) electrons. The van der Waals surface area contributed by atoms with E-state index in [4.69, 9.17) is 37.4 Å². The fourth-order valence-electron chi connectivity index (χ4n) is 3.17. The number of carbonyl (C=O) groups excluding carboxylic acids is 1. The van der Waals surface area contributed by atoms with Gasteiger partial charge >= 0.3 is 11.8 Å². The number of aromatic nitrogens is 2. The zero-order valence-electron chi connectivity index (χ0n) is 17.1. The van der Waals surface area contributed by atoms with E-state index in [1.54, 1.807) is 48.6 Å². The molecule has 0 saturated carbocycles. The van der Waals surface area contributed by atoms with E-state index in [0.717, 1.165) is 6.20 Å². The summed E-state index contributed by atoms with van der Waals surface area (Å²) < 4.78 is 17.6. The second-order valence-corrected chi connectivity index (χ2v) is 7.72. The van der Waals surface area contributed by atoms with Crippen molar-refractivity contribution < 1.29 is 23.9 Å². The van der Waals surface area contributed by atoms with Crippen molar-refractivity contribution in [1.82, 2.24) is 9.55 Å². The fourth-order valence-corrected chi connectivity index (χ4v) is 3.64. The van der Waals surface area contributed by atoms with Crippen LogP contribution in [0.15, 0.2) is 42.6 Å². The van der Waals surface area contributed by atoms with Crippen LogP contribution in [0.2, 0.25) is 10.0 Å². The summed E-state index contributed by atoms with van der Waals surface area (Å²) in [6.07, 6.45) is 4.40. The number of nitro groups is 1. The van der Waals surface area contributed by atoms with Crippen LogP contribution in [0, 0.1) is 10.1 Å². The molecule has 0 aliphatic carbocycles. The van der Waals surface area contributed by atoms with Gasteiger partial charge in [-0.25, -0.2) is 14.3 Å². The summed E-state index contributed by atoms with van der Waals surface area (Å²) in [5.41, 5.74) is 0.959. The molecule has 0 atom stereocenters. The Kier molecular flexibility index (Phi) is 6.81. The molecule has 1 aliphatic rings. The third-order valence-corrected chi connectivity index (χ3v) is 5.32. The first-order valence-corrected chi connectivity index (χ1v) is 10.6. The zero-order chi connectivity index (χ0) is 23.4. The minimum Gasteiger partial charge on any atom is -0.486 e. The highest BCUT2D eigenvalue weighted by atomic mass is 35.5. The van der Waals surface area contributed by atoms with Crippen molar-refractivity contribution in [2.75, 3.05) is 19.8 Å².